The van der Waals surface area contributed by atoms with Crippen molar-refractivity contribution in [3.05, 3.63) is 70.2 Å². The molecule has 0 saturated heterocycles. The van der Waals surface area contributed by atoms with Gasteiger partial charge in [-0.05, 0) is 48.5 Å². The maximum absolute atomic E-state index is 12.9. The van der Waals surface area contributed by atoms with Crippen molar-refractivity contribution in [1.29, 1.82) is 0 Å². The predicted octanol–water partition coefficient (Wildman–Crippen LogP) is 6.07. The molecular formula is C22H16Cl2N2O4. The van der Waals surface area contributed by atoms with E-state index < -0.39 is 0 Å². The molecule has 0 fully saturated rings. The van der Waals surface area contributed by atoms with E-state index in [0.717, 1.165) is 0 Å². The highest BCUT2D eigenvalue weighted by molar-refractivity contribution is 6.36. The molecule has 8 heteroatoms. The van der Waals surface area contributed by atoms with Crippen molar-refractivity contribution < 1.29 is 18.7 Å². The van der Waals surface area contributed by atoms with Crippen LogP contribution in [0.3, 0.4) is 0 Å². The molecule has 30 heavy (non-hydrogen) atoms. The number of fused-ring (bicyclic) bond motifs is 1. The highest BCUT2D eigenvalue weighted by atomic mass is 35.5. The van der Waals surface area contributed by atoms with E-state index in [-0.39, 0.29) is 5.91 Å². The highest BCUT2D eigenvalue weighted by Gasteiger charge is 2.19. The number of oxazole rings is 1. The molecule has 6 nitrogen and oxygen atoms in total. The van der Waals surface area contributed by atoms with Crippen LogP contribution in [-0.4, -0.2) is 25.1 Å². The van der Waals surface area contributed by atoms with E-state index in [4.69, 9.17) is 37.1 Å². The minimum absolute atomic E-state index is 0.302. The number of halogens is 2. The van der Waals surface area contributed by atoms with Crippen LogP contribution in [0.15, 0.2) is 59.0 Å². The van der Waals surface area contributed by atoms with Crippen molar-refractivity contribution in [2.75, 3.05) is 19.5 Å². The average Bonchev–Trinajstić information content (AvgIpc) is 3.15. The minimum Gasteiger partial charge on any atom is -0.496 e. The van der Waals surface area contributed by atoms with Gasteiger partial charge in [-0.15, -0.1) is 0 Å². The van der Waals surface area contributed by atoms with Gasteiger partial charge in [0.25, 0.3) is 5.91 Å². The summed E-state index contributed by atoms with van der Waals surface area (Å²) in [6.07, 6.45) is 0. The second-order valence-electron chi connectivity index (χ2n) is 6.32. The number of nitrogens with zero attached hydrogens (tertiary/aromatic N) is 1. The summed E-state index contributed by atoms with van der Waals surface area (Å²) in [5.41, 5.74) is 2.60. The number of carbonyl (C=O) groups excluding carboxylic acids is 1. The molecule has 0 aliphatic heterocycles. The van der Waals surface area contributed by atoms with Crippen LogP contribution in [0.25, 0.3) is 22.6 Å². The van der Waals surface area contributed by atoms with Gasteiger partial charge in [0.15, 0.2) is 5.58 Å². The molecule has 0 saturated carbocycles. The Bertz CT molecular complexity index is 1230. The molecule has 0 radical (unpaired) electrons. The standard InChI is InChI=1S/C22H16Cl2N2O4/c1-28-18-4-3-5-19(29-2)20(18)21(27)25-13-7-9-17-16(11-13)26-22(30-17)14-8-6-12(23)10-15(14)24/h3-11H,1-2H3,(H,25,27). The third-order valence-electron chi connectivity index (χ3n) is 4.46. The lowest BCUT2D eigenvalue weighted by molar-refractivity contribution is 0.102. The van der Waals surface area contributed by atoms with Gasteiger partial charge < -0.3 is 19.2 Å². The van der Waals surface area contributed by atoms with E-state index in [1.54, 1.807) is 54.6 Å². The van der Waals surface area contributed by atoms with Crippen molar-refractivity contribution >= 4 is 45.9 Å². The number of nitrogens with one attached hydrogen (secondary N) is 1. The van der Waals surface area contributed by atoms with Gasteiger partial charge in [-0.25, -0.2) is 4.98 Å². The summed E-state index contributed by atoms with van der Waals surface area (Å²) >= 11 is 12.2. The van der Waals surface area contributed by atoms with Gasteiger partial charge in [0.1, 0.15) is 22.6 Å². The number of hydrogen-bond donors (Lipinski definition) is 1. The highest BCUT2D eigenvalue weighted by Crippen LogP contribution is 2.33. The van der Waals surface area contributed by atoms with Gasteiger partial charge >= 0.3 is 0 Å². The van der Waals surface area contributed by atoms with Crippen molar-refractivity contribution in [3.8, 4) is 23.0 Å². The van der Waals surface area contributed by atoms with E-state index in [0.29, 0.717) is 55.3 Å². The summed E-state index contributed by atoms with van der Waals surface area (Å²) in [4.78, 5) is 17.4. The zero-order chi connectivity index (χ0) is 21.3. The van der Waals surface area contributed by atoms with E-state index in [1.807, 2.05) is 0 Å². The van der Waals surface area contributed by atoms with Crippen molar-refractivity contribution in [1.82, 2.24) is 4.98 Å². The van der Waals surface area contributed by atoms with E-state index >= 15 is 0 Å². The molecule has 4 aromatic rings. The maximum atomic E-state index is 12.9. The lowest BCUT2D eigenvalue weighted by Gasteiger charge is -2.12. The van der Waals surface area contributed by atoms with Gasteiger partial charge in [-0.2, -0.15) is 0 Å². The van der Waals surface area contributed by atoms with Gasteiger partial charge in [-0.1, -0.05) is 29.3 Å². The minimum atomic E-state index is -0.367. The van der Waals surface area contributed by atoms with Gasteiger partial charge in [0.2, 0.25) is 5.89 Å². The topological polar surface area (TPSA) is 73.6 Å². The van der Waals surface area contributed by atoms with E-state index in [9.17, 15) is 4.79 Å². The van der Waals surface area contributed by atoms with Crippen molar-refractivity contribution in [3.63, 3.8) is 0 Å². The molecule has 1 N–H and O–H groups in total. The number of carbonyl (C=O) groups is 1. The third kappa shape index (κ3) is 3.79. The monoisotopic (exact) mass is 442 g/mol. The lowest BCUT2D eigenvalue weighted by atomic mass is 10.1. The number of benzene rings is 3. The summed E-state index contributed by atoms with van der Waals surface area (Å²) in [6, 6.07) is 15.4. The summed E-state index contributed by atoms with van der Waals surface area (Å²) in [7, 11) is 2.99. The zero-order valence-electron chi connectivity index (χ0n) is 16.0. The molecule has 0 aliphatic rings. The average molecular weight is 443 g/mol. The molecular weight excluding hydrogens is 427 g/mol. The number of ether oxygens (including phenoxy) is 2. The smallest absolute Gasteiger partial charge is 0.263 e. The molecule has 152 valence electrons. The molecule has 0 unspecified atom stereocenters. The zero-order valence-corrected chi connectivity index (χ0v) is 17.5. The quantitative estimate of drug-likeness (QED) is 0.405. The predicted molar refractivity (Wildman–Crippen MR) is 117 cm³/mol. The van der Waals surface area contributed by atoms with Crippen LogP contribution in [0.5, 0.6) is 11.5 Å². The van der Waals surface area contributed by atoms with Crippen LogP contribution in [-0.2, 0) is 0 Å². The Labute approximate surface area is 182 Å². The first-order valence-corrected chi connectivity index (χ1v) is 9.64. The molecule has 4 rings (SSSR count). The first-order valence-electron chi connectivity index (χ1n) is 8.88. The van der Waals surface area contributed by atoms with Crippen LogP contribution in [0, 0.1) is 0 Å². The van der Waals surface area contributed by atoms with Crippen molar-refractivity contribution in [2.45, 2.75) is 0 Å². The Morgan fingerprint density at radius 2 is 1.73 bits per heavy atom. The number of aromatic nitrogens is 1. The van der Waals surface area contributed by atoms with Gasteiger partial charge in [-0.3, -0.25) is 4.79 Å². The Hall–Kier alpha value is -3.22. The summed E-state index contributed by atoms with van der Waals surface area (Å²) in [5, 5.41) is 3.80. The van der Waals surface area contributed by atoms with E-state index in [1.165, 1.54) is 14.2 Å². The molecule has 3 aromatic carbocycles. The largest absolute Gasteiger partial charge is 0.496 e. The molecule has 0 atom stereocenters. The Morgan fingerprint density at radius 3 is 2.40 bits per heavy atom. The molecule has 0 bridgehead atoms. The van der Waals surface area contributed by atoms with Gasteiger partial charge in [0, 0.05) is 10.7 Å². The molecule has 1 heterocycles. The Balaban J connectivity index is 1.66. The number of rotatable bonds is 5. The number of amides is 1. The summed E-state index contributed by atoms with van der Waals surface area (Å²) in [6.45, 7) is 0. The van der Waals surface area contributed by atoms with Crippen LogP contribution in [0.2, 0.25) is 10.0 Å². The van der Waals surface area contributed by atoms with Crippen LogP contribution in [0.1, 0.15) is 10.4 Å². The fraction of sp³-hybridized carbons (Fsp3) is 0.0909. The number of methoxy groups -OCH3 is 2. The number of anilines is 1. The number of hydrogen-bond acceptors (Lipinski definition) is 5. The Kier molecular flexibility index (Phi) is 5.53. The Morgan fingerprint density at radius 1 is 1.00 bits per heavy atom. The normalized spacial score (nSPS) is 10.8. The molecule has 1 amide bonds. The second-order valence-corrected chi connectivity index (χ2v) is 7.16. The first-order chi connectivity index (χ1) is 14.5. The third-order valence-corrected chi connectivity index (χ3v) is 5.01. The molecule has 0 aliphatic carbocycles. The molecule has 1 aromatic heterocycles. The first kappa shape index (κ1) is 20.1. The second kappa shape index (κ2) is 8.26. The van der Waals surface area contributed by atoms with Crippen LogP contribution >= 0.6 is 23.2 Å². The SMILES string of the molecule is COc1cccc(OC)c1C(=O)Nc1ccc2oc(-c3ccc(Cl)cc3Cl)nc2c1. The summed E-state index contributed by atoms with van der Waals surface area (Å²) < 4.78 is 16.4. The maximum Gasteiger partial charge on any atom is 0.263 e. The summed E-state index contributed by atoms with van der Waals surface area (Å²) in [5.74, 6) is 0.817. The van der Waals surface area contributed by atoms with Crippen LogP contribution < -0.4 is 14.8 Å². The fourth-order valence-corrected chi connectivity index (χ4v) is 3.54. The fourth-order valence-electron chi connectivity index (χ4n) is 3.05. The molecule has 0 spiro atoms. The van der Waals surface area contributed by atoms with Gasteiger partial charge in [0.05, 0.1) is 24.8 Å². The van der Waals surface area contributed by atoms with Crippen LogP contribution in [0.4, 0.5) is 5.69 Å². The van der Waals surface area contributed by atoms with E-state index in [2.05, 4.69) is 10.3 Å². The lowest BCUT2D eigenvalue weighted by Crippen LogP contribution is -2.14. The van der Waals surface area contributed by atoms with Crippen molar-refractivity contribution in [2.24, 2.45) is 0 Å².